The largest absolute Gasteiger partial charge is 0.390 e. The van der Waals surface area contributed by atoms with E-state index < -0.39 is 5.60 Å². The first-order chi connectivity index (χ1) is 6.33. The van der Waals surface area contributed by atoms with Crippen LogP contribution >= 0.6 is 0 Å². The number of amides is 1. The van der Waals surface area contributed by atoms with E-state index in [0.717, 1.165) is 6.54 Å². The molecular weight excluding hydrogens is 180 g/mol. The third-order valence-corrected chi connectivity index (χ3v) is 1.93. The van der Waals surface area contributed by atoms with Crippen LogP contribution in [0.3, 0.4) is 0 Å². The van der Waals surface area contributed by atoms with E-state index in [1.54, 1.807) is 32.8 Å². The van der Waals surface area contributed by atoms with Gasteiger partial charge in [0.25, 0.3) is 0 Å². The molecule has 4 nitrogen and oxygen atoms in total. The molecule has 0 saturated heterocycles. The number of hydrogen-bond donors (Lipinski definition) is 2. The molecule has 0 aromatic rings. The second-order valence-corrected chi connectivity index (χ2v) is 4.35. The summed E-state index contributed by atoms with van der Waals surface area (Å²) in [5.74, 6) is 0.126. The standard InChI is InChI=1S/C10H22N2O2/c1-10(2,14)6-8-11-7-5-9(13)12(3)4/h11,14H,5-8H2,1-4H3. The van der Waals surface area contributed by atoms with Gasteiger partial charge in [-0.15, -0.1) is 0 Å². The number of aliphatic hydroxyl groups is 1. The molecule has 0 spiro atoms. The molecule has 0 atom stereocenters. The smallest absolute Gasteiger partial charge is 0.223 e. The van der Waals surface area contributed by atoms with E-state index >= 15 is 0 Å². The Kier molecular flexibility index (Phi) is 5.72. The zero-order valence-electron chi connectivity index (χ0n) is 9.63. The molecule has 0 radical (unpaired) electrons. The molecule has 2 N–H and O–H groups in total. The van der Waals surface area contributed by atoms with E-state index in [2.05, 4.69) is 5.32 Å². The predicted octanol–water partition coefficient (Wildman–Crippen LogP) is 0.215. The lowest BCUT2D eigenvalue weighted by atomic mass is 10.1. The van der Waals surface area contributed by atoms with E-state index in [0.29, 0.717) is 19.4 Å². The molecule has 0 aliphatic heterocycles. The molecule has 14 heavy (non-hydrogen) atoms. The van der Waals surface area contributed by atoms with Gasteiger partial charge in [-0.1, -0.05) is 0 Å². The highest BCUT2D eigenvalue weighted by Crippen LogP contribution is 2.04. The molecule has 0 rings (SSSR count). The fourth-order valence-electron chi connectivity index (χ4n) is 0.938. The lowest BCUT2D eigenvalue weighted by molar-refractivity contribution is -0.128. The fraction of sp³-hybridized carbons (Fsp3) is 0.900. The van der Waals surface area contributed by atoms with Gasteiger partial charge < -0.3 is 15.3 Å². The van der Waals surface area contributed by atoms with Crippen LogP contribution in [0.5, 0.6) is 0 Å². The summed E-state index contributed by atoms with van der Waals surface area (Å²) >= 11 is 0. The molecule has 0 unspecified atom stereocenters. The Morgan fingerprint density at radius 2 is 1.93 bits per heavy atom. The van der Waals surface area contributed by atoms with E-state index in [1.807, 2.05) is 0 Å². The summed E-state index contributed by atoms with van der Waals surface area (Å²) in [4.78, 5) is 12.7. The molecule has 0 saturated carbocycles. The Hall–Kier alpha value is -0.610. The highest BCUT2D eigenvalue weighted by atomic mass is 16.3. The second kappa shape index (κ2) is 5.98. The first kappa shape index (κ1) is 13.4. The van der Waals surface area contributed by atoms with Gasteiger partial charge in [-0.05, 0) is 26.8 Å². The van der Waals surface area contributed by atoms with Gasteiger partial charge >= 0.3 is 0 Å². The van der Waals surface area contributed by atoms with Crippen molar-refractivity contribution in [2.45, 2.75) is 32.3 Å². The van der Waals surface area contributed by atoms with Gasteiger partial charge in [0.05, 0.1) is 5.60 Å². The van der Waals surface area contributed by atoms with Crippen LogP contribution in [-0.4, -0.2) is 48.7 Å². The van der Waals surface area contributed by atoms with E-state index in [9.17, 15) is 9.90 Å². The van der Waals surface area contributed by atoms with Crippen molar-refractivity contribution < 1.29 is 9.90 Å². The van der Waals surface area contributed by atoms with Crippen LogP contribution < -0.4 is 5.32 Å². The first-order valence-corrected chi connectivity index (χ1v) is 4.96. The van der Waals surface area contributed by atoms with Crippen molar-refractivity contribution in [3.8, 4) is 0 Å². The third kappa shape index (κ3) is 8.01. The summed E-state index contributed by atoms with van der Waals surface area (Å²) in [6.07, 6.45) is 1.21. The van der Waals surface area contributed by atoms with Crippen LogP contribution in [0.4, 0.5) is 0 Å². The second-order valence-electron chi connectivity index (χ2n) is 4.35. The van der Waals surface area contributed by atoms with Crippen molar-refractivity contribution in [1.82, 2.24) is 10.2 Å². The number of rotatable bonds is 6. The highest BCUT2D eigenvalue weighted by Gasteiger charge is 2.11. The molecule has 84 valence electrons. The first-order valence-electron chi connectivity index (χ1n) is 4.96. The topological polar surface area (TPSA) is 52.6 Å². The molecule has 1 amide bonds. The maximum absolute atomic E-state index is 11.1. The minimum atomic E-state index is -0.626. The Morgan fingerprint density at radius 1 is 1.36 bits per heavy atom. The van der Waals surface area contributed by atoms with Crippen LogP contribution in [0.25, 0.3) is 0 Å². The van der Waals surface area contributed by atoms with Gasteiger partial charge in [0, 0.05) is 27.1 Å². The summed E-state index contributed by atoms with van der Waals surface area (Å²) in [7, 11) is 3.50. The van der Waals surface area contributed by atoms with Crippen LogP contribution in [0, 0.1) is 0 Å². The predicted molar refractivity (Wildman–Crippen MR) is 57.1 cm³/mol. The number of nitrogens with one attached hydrogen (secondary N) is 1. The molecule has 0 aliphatic carbocycles. The number of hydrogen-bond acceptors (Lipinski definition) is 3. The Morgan fingerprint density at radius 3 is 2.36 bits per heavy atom. The number of carbonyl (C=O) groups is 1. The highest BCUT2D eigenvalue weighted by molar-refractivity contribution is 5.75. The van der Waals surface area contributed by atoms with Crippen molar-refractivity contribution in [2.75, 3.05) is 27.2 Å². The normalized spacial score (nSPS) is 11.5. The molecule has 0 fully saturated rings. The van der Waals surface area contributed by atoms with E-state index in [1.165, 1.54) is 0 Å². The van der Waals surface area contributed by atoms with Crippen LogP contribution in [0.2, 0.25) is 0 Å². The van der Waals surface area contributed by atoms with Gasteiger partial charge in [0.2, 0.25) is 5.91 Å². The molecule has 4 heteroatoms. The summed E-state index contributed by atoms with van der Waals surface area (Å²) in [5, 5.41) is 12.5. The number of carbonyl (C=O) groups excluding carboxylic acids is 1. The SMILES string of the molecule is CN(C)C(=O)CCNCCC(C)(C)O. The molecular formula is C10H22N2O2. The average Bonchev–Trinajstić information content (AvgIpc) is 2.01. The Bertz CT molecular complexity index is 173. The van der Waals surface area contributed by atoms with E-state index in [4.69, 9.17) is 0 Å². The lowest BCUT2D eigenvalue weighted by Gasteiger charge is -2.17. The Balaban J connectivity index is 3.35. The van der Waals surface area contributed by atoms with Crippen molar-refractivity contribution in [2.24, 2.45) is 0 Å². The van der Waals surface area contributed by atoms with Crippen molar-refractivity contribution >= 4 is 5.91 Å². The molecule has 0 bridgehead atoms. The quantitative estimate of drug-likeness (QED) is 0.606. The lowest BCUT2D eigenvalue weighted by Crippen LogP contribution is -2.30. The summed E-state index contributed by atoms with van der Waals surface area (Å²) in [6, 6.07) is 0. The maximum atomic E-state index is 11.1. The van der Waals surface area contributed by atoms with Crippen molar-refractivity contribution in [3.05, 3.63) is 0 Å². The summed E-state index contributed by atoms with van der Waals surface area (Å²) in [5.41, 5.74) is -0.626. The molecule has 0 aromatic heterocycles. The van der Waals surface area contributed by atoms with Crippen LogP contribution in [0.1, 0.15) is 26.7 Å². The number of nitrogens with zero attached hydrogens (tertiary/aromatic N) is 1. The van der Waals surface area contributed by atoms with Crippen LogP contribution in [-0.2, 0) is 4.79 Å². The van der Waals surface area contributed by atoms with E-state index in [-0.39, 0.29) is 5.91 Å². The average molecular weight is 202 g/mol. The van der Waals surface area contributed by atoms with Gasteiger partial charge in [0.15, 0.2) is 0 Å². The zero-order valence-corrected chi connectivity index (χ0v) is 9.63. The van der Waals surface area contributed by atoms with Gasteiger partial charge in [-0.25, -0.2) is 0 Å². The minimum Gasteiger partial charge on any atom is -0.390 e. The van der Waals surface area contributed by atoms with Crippen molar-refractivity contribution in [3.63, 3.8) is 0 Å². The molecule has 0 aromatic carbocycles. The molecule has 0 heterocycles. The van der Waals surface area contributed by atoms with Crippen molar-refractivity contribution in [1.29, 1.82) is 0 Å². The van der Waals surface area contributed by atoms with Crippen LogP contribution in [0.15, 0.2) is 0 Å². The zero-order chi connectivity index (χ0) is 11.2. The summed E-state index contributed by atoms with van der Waals surface area (Å²) in [6.45, 7) is 4.97. The summed E-state index contributed by atoms with van der Waals surface area (Å²) < 4.78 is 0. The minimum absolute atomic E-state index is 0.126. The van der Waals surface area contributed by atoms with Gasteiger partial charge in [-0.2, -0.15) is 0 Å². The third-order valence-electron chi connectivity index (χ3n) is 1.93. The van der Waals surface area contributed by atoms with Gasteiger partial charge in [-0.3, -0.25) is 4.79 Å². The molecule has 0 aliphatic rings. The van der Waals surface area contributed by atoms with Gasteiger partial charge in [0.1, 0.15) is 0 Å². The monoisotopic (exact) mass is 202 g/mol. The Labute approximate surface area is 86.3 Å². The fourth-order valence-corrected chi connectivity index (χ4v) is 0.938. The maximum Gasteiger partial charge on any atom is 0.223 e.